The van der Waals surface area contributed by atoms with Crippen molar-refractivity contribution in [2.45, 2.75) is 19.4 Å². The lowest BCUT2D eigenvalue weighted by Crippen LogP contribution is -2.32. The maximum atomic E-state index is 10.8. The van der Waals surface area contributed by atoms with Crippen molar-refractivity contribution in [3.63, 3.8) is 0 Å². The first-order chi connectivity index (χ1) is 7.99. The number of anilines is 1. The number of aromatic nitrogens is 1. The fourth-order valence-corrected chi connectivity index (χ4v) is 1.97. The van der Waals surface area contributed by atoms with E-state index in [-0.39, 0.29) is 0 Å². The summed E-state index contributed by atoms with van der Waals surface area (Å²) in [5, 5.41) is 9.78. The van der Waals surface area contributed by atoms with Crippen LogP contribution in [0, 0.1) is 6.92 Å². The van der Waals surface area contributed by atoms with Gasteiger partial charge in [0.1, 0.15) is 6.04 Å². The Labute approximate surface area is 98.4 Å². The lowest BCUT2D eigenvalue weighted by molar-refractivity contribution is -0.138. The van der Waals surface area contributed by atoms with Gasteiger partial charge < -0.3 is 21.6 Å². The number of nitrogen functional groups attached to an aromatic ring is 1. The van der Waals surface area contributed by atoms with E-state index in [4.69, 9.17) is 16.6 Å². The molecule has 0 aliphatic carbocycles. The smallest absolute Gasteiger partial charge is 0.320 e. The van der Waals surface area contributed by atoms with Crippen LogP contribution in [0.2, 0.25) is 0 Å². The highest BCUT2D eigenvalue weighted by atomic mass is 16.4. The normalized spacial score (nSPS) is 12.8. The van der Waals surface area contributed by atoms with Gasteiger partial charge in [0, 0.05) is 28.7 Å². The van der Waals surface area contributed by atoms with Crippen molar-refractivity contribution < 1.29 is 9.90 Å². The minimum atomic E-state index is -0.998. The van der Waals surface area contributed by atoms with Gasteiger partial charge in [-0.25, -0.2) is 0 Å². The van der Waals surface area contributed by atoms with Crippen molar-refractivity contribution in [2.75, 3.05) is 5.73 Å². The number of nitrogens with two attached hydrogens (primary N) is 2. The van der Waals surface area contributed by atoms with Crippen LogP contribution in [0.4, 0.5) is 5.69 Å². The molecule has 1 heterocycles. The molecule has 1 aromatic heterocycles. The Morgan fingerprint density at radius 3 is 2.88 bits per heavy atom. The van der Waals surface area contributed by atoms with Crippen LogP contribution in [-0.4, -0.2) is 22.1 Å². The minimum Gasteiger partial charge on any atom is -0.480 e. The molecule has 1 unspecified atom stereocenters. The van der Waals surface area contributed by atoms with Gasteiger partial charge in [-0.1, -0.05) is 0 Å². The fraction of sp³-hybridized carbons (Fsp3) is 0.250. The molecule has 0 aliphatic rings. The first-order valence-corrected chi connectivity index (χ1v) is 5.34. The van der Waals surface area contributed by atoms with Crippen LogP contribution in [0.1, 0.15) is 11.3 Å². The van der Waals surface area contributed by atoms with E-state index < -0.39 is 12.0 Å². The maximum absolute atomic E-state index is 10.8. The van der Waals surface area contributed by atoms with Crippen molar-refractivity contribution in [3.8, 4) is 0 Å². The number of aliphatic carboxylic acids is 1. The van der Waals surface area contributed by atoms with E-state index in [0.29, 0.717) is 12.1 Å². The van der Waals surface area contributed by atoms with Crippen molar-refractivity contribution in [1.82, 2.24) is 4.98 Å². The molecule has 0 aliphatic heterocycles. The molecule has 17 heavy (non-hydrogen) atoms. The zero-order chi connectivity index (χ0) is 12.6. The van der Waals surface area contributed by atoms with Crippen LogP contribution in [0.3, 0.4) is 0 Å². The molecule has 0 amide bonds. The highest BCUT2D eigenvalue weighted by Crippen LogP contribution is 2.25. The summed E-state index contributed by atoms with van der Waals surface area (Å²) in [5.74, 6) is -0.998. The Kier molecular flexibility index (Phi) is 2.77. The van der Waals surface area contributed by atoms with Gasteiger partial charge in [-0.3, -0.25) is 4.79 Å². The Hall–Kier alpha value is -2.01. The third kappa shape index (κ3) is 2.09. The average molecular weight is 233 g/mol. The second-order valence-electron chi connectivity index (χ2n) is 4.18. The third-order valence-corrected chi connectivity index (χ3v) is 2.88. The highest BCUT2D eigenvalue weighted by molar-refractivity contribution is 5.88. The molecule has 0 saturated heterocycles. The monoisotopic (exact) mass is 233 g/mol. The molecular formula is C12H15N3O2. The van der Waals surface area contributed by atoms with E-state index in [2.05, 4.69) is 4.98 Å². The van der Waals surface area contributed by atoms with Crippen LogP contribution < -0.4 is 11.5 Å². The number of hydrogen-bond donors (Lipinski definition) is 4. The molecular weight excluding hydrogens is 218 g/mol. The summed E-state index contributed by atoms with van der Waals surface area (Å²) in [4.78, 5) is 14.0. The number of hydrogen-bond acceptors (Lipinski definition) is 3. The summed E-state index contributed by atoms with van der Waals surface area (Å²) >= 11 is 0. The van der Waals surface area contributed by atoms with Gasteiger partial charge in [0.15, 0.2) is 0 Å². The van der Waals surface area contributed by atoms with Crippen molar-refractivity contribution in [2.24, 2.45) is 5.73 Å². The predicted molar refractivity (Wildman–Crippen MR) is 66.8 cm³/mol. The molecule has 90 valence electrons. The lowest BCUT2D eigenvalue weighted by Gasteiger charge is -2.06. The number of H-pyrrole nitrogens is 1. The van der Waals surface area contributed by atoms with Crippen LogP contribution >= 0.6 is 0 Å². The molecule has 5 nitrogen and oxygen atoms in total. The second-order valence-corrected chi connectivity index (χ2v) is 4.18. The molecule has 0 spiro atoms. The van der Waals surface area contributed by atoms with Crippen LogP contribution in [0.5, 0.6) is 0 Å². The van der Waals surface area contributed by atoms with E-state index in [1.54, 1.807) is 6.07 Å². The highest BCUT2D eigenvalue weighted by Gasteiger charge is 2.17. The Morgan fingerprint density at radius 2 is 2.24 bits per heavy atom. The molecule has 0 fully saturated rings. The van der Waals surface area contributed by atoms with Gasteiger partial charge in [0.05, 0.1) is 0 Å². The van der Waals surface area contributed by atoms with E-state index in [1.807, 2.05) is 19.1 Å². The average Bonchev–Trinajstić information content (AvgIpc) is 2.55. The molecule has 5 heteroatoms. The van der Waals surface area contributed by atoms with Crippen LogP contribution in [0.25, 0.3) is 10.9 Å². The van der Waals surface area contributed by atoms with E-state index in [1.165, 1.54) is 0 Å². The number of nitrogens with one attached hydrogen (secondary N) is 1. The first kappa shape index (κ1) is 11.5. The lowest BCUT2D eigenvalue weighted by atomic mass is 10.0. The summed E-state index contributed by atoms with van der Waals surface area (Å²) in [7, 11) is 0. The summed E-state index contributed by atoms with van der Waals surface area (Å²) in [6.45, 7) is 1.90. The number of rotatable bonds is 3. The van der Waals surface area contributed by atoms with Gasteiger partial charge in [-0.15, -0.1) is 0 Å². The Bertz CT molecular complexity index is 574. The molecule has 0 radical (unpaired) electrons. The Balaban J connectivity index is 2.48. The SMILES string of the molecule is Cc1[nH]c2ccc(N)cc2c1CC(N)C(=O)O. The van der Waals surface area contributed by atoms with Gasteiger partial charge in [0.2, 0.25) is 0 Å². The number of fused-ring (bicyclic) bond motifs is 1. The molecule has 2 aromatic rings. The quantitative estimate of drug-likeness (QED) is 0.594. The summed E-state index contributed by atoms with van der Waals surface area (Å²) in [5.41, 5.74) is 14.7. The topological polar surface area (TPSA) is 105 Å². The summed E-state index contributed by atoms with van der Waals surface area (Å²) in [6.07, 6.45) is 0.296. The standard InChI is InChI=1S/C12H15N3O2/c1-6-8(5-10(14)12(16)17)9-4-7(13)2-3-11(9)15-6/h2-4,10,15H,5,13-14H2,1H3,(H,16,17). The predicted octanol–water partition coefficient (Wildman–Crippen LogP) is 1.01. The summed E-state index contributed by atoms with van der Waals surface area (Å²) < 4.78 is 0. The van der Waals surface area contributed by atoms with Gasteiger partial charge in [-0.05, 0) is 30.7 Å². The summed E-state index contributed by atoms with van der Waals surface area (Å²) in [6, 6.07) is 4.63. The number of benzene rings is 1. The van der Waals surface area contributed by atoms with Crippen molar-refractivity contribution in [3.05, 3.63) is 29.5 Å². The number of carboxylic acid groups (broad SMARTS) is 1. The number of carbonyl (C=O) groups is 1. The van der Waals surface area contributed by atoms with Crippen LogP contribution in [-0.2, 0) is 11.2 Å². The molecule has 0 bridgehead atoms. The first-order valence-electron chi connectivity index (χ1n) is 5.34. The third-order valence-electron chi connectivity index (χ3n) is 2.88. The number of aromatic amines is 1. The van der Waals surface area contributed by atoms with E-state index in [9.17, 15) is 4.79 Å². The molecule has 1 atom stereocenters. The maximum Gasteiger partial charge on any atom is 0.320 e. The van der Waals surface area contributed by atoms with Gasteiger partial charge in [0.25, 0.3) is 0 Å². The molecule has 0 saturated carbocycles. The molecule has 6 N–H and O–H groups in total. The van der Waals surface area contributed by atoms with E-state index in [0.717, 1.165) is 22.2 Å². The fourth-order valence-electron chi connectivity index (χ4n) is 1.97. The zero-order valence-electron chi connectivity index (χ0n) is 9.53. The molecule has 1 aromatic carbocycles. The molecule has 2 rings (SSSR count). The van der Waals surface area contributed by atoms with Gasteiger partial charge >= 0.3 is 5.97 Å². The largest absolute Gasteiger partial charge is 0.480 e. The second kappa shape index (κ2) is 4.10. The van der Waals surface area contributed by atoms with Crippen molar-refractivity contribution in [1.29, 1.82) is 0 Å². The van der Waals surface area contributed by atoms with Crippen molar-refractivity contribution >= 4 is 22.6 Å². The number of aryl methyl sites for hydroxylation is 1. The van der Waals surface area contributed by atoms with Crippen LogP contribution in [0.15, 0.2) is 18.2 Å². The number of carboxylic acids is 1. The zero-order valence-corrected chi connectivity index (χ0v) is 9.53. The Morgan fingerprint density at radius 1 is 1.53 bits per heavy atom. The van der Waals surface area contributed by atoms with E-state index >= 15 is 0 Å². The minimum absolute atomic E-state index is 0.296. The van der Waals surface area contributed by atoms with Gasteiger partial charge in [-0.2, -0.15) is 0 Å².